The Bertz CT molecular complexity index is 387. The summed E-state index contributed by atoms with van der Waals surface area (Å²) in [7, 11) is 0. The average Bonchev–Trinajstić information content (AvgIpc) is 2.29. The lowest BCUT2D eigenvalue weighted by Crippen LogP contribution is -2.37. The van der Waals surface area contributed by atoms with E-state index in [9.17, 15) is 13.2 Å². The first-order valence-corrected chi connectivity index (χ1v) is 5.82. The van der Waals surface area contributed by atoms with Crippen LogP contribution in [0.4, 0.5) is 13.2 Å². The SMILES string of the molecule is CC(NCC(F)(F)CO)c1cc(Br)ccc1F. The number of nitrogens with one attached hydrogen (secondary N) is 1. The zero-order valence-electron chi connectivity index (χ0n) is 9.18. The molecule has 0 aromatic heterocycles. The maximum Gasteiger partial charge on any atom is 0.282 e. The number of benzene rings is 1. The number of halogens is 4. The normalized spacial score (nSPS) is 13.8. The Kier molecular flexibility index (Phi) is 4.97. The summed E-state index contributed by atoms with van der Waals surface area (Å²) in [5.41, 5.74) is 0.299. The molecule has 0 heterocycles. The topological polar surface area (TPSA) is 32.3 Å². The summed E-state index contributed by atoms with van der Waals surface area (Å²) >= 11 is 3.19. The molecule has 0 saturated heterocycles. The van der Waals surface area contributed by atoms with Crippen molar-refractivity contribution < 1.29 is 18.3 Å². The van der Waals surface area contributed by atoms with Gasteiger partial charge in [-0.15, -0.1) is 0 Å². The van der Waals surface area contributed by atoms with Crippen molar-refractivity contribution in [2.45, 2.75) is 18.9 Å². The molecule has 2 nitrogen and oxygen atoms in total. The standard InChI is InChI=1S/C11H13BrF3NO/c1-7(16-5-11(14,15)6-17)9-4-8(12)2-3-10(9)13/h2-4,7,16-17H,5-6H2,1H3. The Labute approximate surface area is 106 Å². The van der Waals surface area contributed by atoms with Gasteiger partial charge in [0.2, 0.25) is 0 Å². The fraction of sp³-hybridized carbons (Fsp3) is 0.455. The van der Waals surface area contributed by atoms with Gasteiger partial charge in [-0.25, -0.2) is 13.2 Å². The molecule has 1 aromatic rings. The van der Waals surface area contributed by atoms with Gasteiger partial charge in [0.25, 0.3) is 5.92 Å². The number of rotatable bonds is 5. The summed E-state index contributed by atoms with van der Waals surface area (Å²) in [6, 6.07) is 3.77. The van der Waals surface area contributed by atoms with Crippen LogP contribution in [0.2, 0.25) is 0 Å². The van der Waals surface area contributed by atoms with Gasteiger partial charge < -0.3 is 10.4 Å². The molecule has 17 heavy (non-hydrogen) atoms. The van der Waals surface area contributed by atoms with Crippen molar-refractivity contribution in [1.82, 2.24) is 5.32 Å². The molecule has 0 fully saturated rings. The Morgan fingerprint density at radius 3 is 2.71 bits per heavy atom. The van der Waals surface area contributed by atoms with E-state index in [1.165, 1.54) is 18.2 Å². The Morgan fingerprint density at radius 2 is 2.12 bits per heavy atom. The number of hydrogen-bond acceptors (Lipinski definition) is 2. The molecule has 1 atom stereocenters. The molecule has 0 radical (unpaired) electrons. The van der Waals surface area contributed by atoms with Gasteiger partial charge >= 0.3 is 0 Å². The third-order valence-electron chi connectivity index (χ3n) is 2.32. The maximum atomic E-state index is 13.4. The highest BCUT2D eigenvalue weighted by atomic mass is 79.9. The molecule has 1 unspecified atom stereocenters. The quantitative estimate of drug-likeness (QED) is 0.876. The van der Waals surface area contributed by atoms with Crippen LogP contribution in [-0.4, -0.2) is 24.2 Å². The third kappa shape index (κ3) is 4.29. The first kappa shape index (κ1) is 14.5. The summed E-state index contributed by atoms with van der Waals surface area (Å²) in [6.07, 6.45) is 0. The average molecular weight is 312 g/mol. The van der Waals surface area contributed by atoms with Crippen molar-refractivity contribution in [3.05, 3.63) is 34.1 Å². The van der Waals surface area contributed by atoms with Gasteiger partial charge in [0.05, 0.1) is 6.54 Å². The van der Waals surface area contributed by atoms with Crippen molar-refractivity contribution in [2.75, 3.05) is 13.2 Å². The van der Waals surface area contributed by atoms with Gasteiger partial charge in [-0.2, -0.15) is 0 Å². The number of alkyl halides is 2. The molecule has 1 rings (SSSR count). The van der Waals surface area contributed by atoms with Crippen molar-refractivity contribution in [3.63, 3.8) is 0 Å². The first-order valence-electron chi connectivity index (χ1n) is 5.03. The van der Waals surface area contributed by atoms with Crippen molar-refractivity contribution in [3.8, 4) is 0 Å². The molecule has 0 aliphatic carbocycles. The molecular formula is C11H13BrF3NO. The second-order valence-electron chi connectivity index (χ2n) is 3.78. The largest absolute Gasteiger partial charge is 0.390 e. The van der Waals surface area contributed by atoms with E-state index >= 15 is 0 Å². The van der Waals surface area contributed by atoms with Crippen LogP contribution < -0.4 is 5.32 Å². The van der Waals surface area contributed by atoms with Gasteiger partial charge in [-0.05, 0) is 25.1 Å². The predicted molar refractivity (Wildman–Crippen MR) is 62.6 cm³/mol. The van der Waals surface area contributed by atoms with Crippen LogP contribution in [-0.2, 0) is 0 Å². The molecule has 0 saturated carbocycles. The molecule has 2 N–H and O–H groups in total. The van der Waals surface area contributed by atoms with Crippen LogP contribution in [0.3, 0.4) is 0 Å². The summed E-state index contributed by atoms with van der Waals surface area (Å²) in [5.74, 6) is -3.66. The highest BCUT2D eigenvalue weighted by Crippen LogP contribution is 2.22. The predicted octanol–water partition coefficient (Wildman–Crippen LogP) is 2.87. The van der Waals surface area contributed by atoms with Crippen molar-refractivity contribution >= 4 is 15.9 Å². The van der Waals surface area contributed by atoms with E-state index in [0.717, 1.165) is 0 Å². The molecule has 0 aliphatic heterocycles. The van der Waals surface area contributed by atoms with Crippen LogP contribution in [0.1, 0.15) is 18.5 Å². The van der Waals surface area contributed by atoms with E-state index in [-0.39, 0.29) is 0 Å². The minimum atomic E-state index is -3.20. The van der Waals surface area contributed by atoms with Crippen molar-refractivity contribution in [2.24, 2.45) is 0 Å². The molecule has 0 amide bonds. The third-order valence-corrected chi connectivity index (χ3v) is 2.82. The van der Waals surface area contributed by atoms with E-state index in [1.54, 1.807) is 6.92 Å². The number of aliphatic hydroxyl groups is 1. The van der Waals surface area contributed by atoms with E-state index < -0.39 is 30.9 Å². The van der Waals surface area contributed by atoms with Gasteiger partial charge in [-0.3, -0.25) is 0 Å². The minimum absolute atomic E-state index is 0.299. The van der Waals surface area contributed by atoms with Crippen LogP contribution in [0, 0.1) is 5.82 Å². The molecule has 0 spiro atoms. The summed E-state index contributed by atoms with van der Waals surface area (Å²) in [5, 5.41) is 10.9. The zero-order valence-corrected chi connectivity index (χ0v) is 10.8. The molecular weight excluding hydrogens is 299 g/mol. The molecule has 96 valence electrons. The Balaban J connectivity index is 2.70. The highest BCUT2D eigenvalue weighted by Gasteiger charge is 2.28. The second kappa shape index (κ2) is 5.84. The highest BCUT2D eigenvalue weighted by molar-refractivity contribution is 9.10. The van der Waals surface area contributed by atoms with Gasteiger partial charge in [0.1, 0.15) is 12.4 Å². The van der Waals surface area contributed by atoms with E-state index in [0.29, 0.717) is 10.0 Å². The van der Waals surface area contributed by atoms with Crippen LogP contribution >= 0.6 is 15.9 Å². The van der Waals surface area contributed by atoms with Gasteiger partial charge in [0, 0.05) is 16.1 Å². The molecule has 6 heteroatoms. The lowest BCUT2D eigenvalue weighted by atomic mass is 10.1. The van der Waals surface area contributed by atoms with Gasteiger partial charge in [-0.1, -0.05) is 15.9 Å². The maximum absolute atomic E-state index is 13.4. The summed E-state index contributed by atoms with van der Waals surface area (Å²) < 4.78 is 39.7. The van der Waals surface area contributed by atoms with Crippen LogP contribution in [0.25, 0.3) is 0 Å². The second-order valence-corrected chi connectivity index (χ2v) is 4.70. The van der Waals surface area contributed by atoms with Crippen LogP contribution in [0.5, 0.6) is 0 Å². The zero-order chi connectivity index (χ0) is 13.1. The Hall–Kier alpha value is -0.590. The van der Waals surface area contributed by atoms with E-state index in [2.05, 4.69) is 21.2 Å². The monoisotopic (exact) mass is 311 g/mol. The number of aliphatic hydroxyl groups excluding tert-OH is 1. The molecule has 0 aliphatic rings. The van der Waals surface area contributed by atoms with Crippen LogP contribution in [0.15, 0.2) is 22.7 Å². The smallest absolute Gasteiger partial charge is 0.282 e. The Morgan fingerprint density at radius 1 is 1.47 bits per heavy atom. The van der Waals surface area contributed by atoms with E-state index in [4.69, 9.17) is 5.11 Å². The molecule has 1 aromatic carbocycles. The number of hydrogen-bond donors (Lipinski definition) is 2. The first-order chi connectivity index (χ1) is 7.85. The summed E-state index contributed by atoms with van der Waals surface area (Å²) in [4.78, 5) is 0. The van der Waals surface area contributed by atoms with Gasteiger partial charge in [0.15, 0.2) is 0 Å². The lowest BCUT2D eigenvalue weighted by Gasteiger charge is -2.19. The fourth-order valence-electron chi connectivity index (χ4n) is 1.31. The lowest BCUT2D eigenvalue weighted by molar-refractivity contribution is -0.0491. The van der Waals surface area contributed by atoms with E-state index in [1.807, 2.05) is 0 Å². The fourth-order valence-corrected chi connectivity index (χ4v) is 1.69. The summed E-state index contributed by atoms with van der Waals surface area (Å²) in [6.45, 7) is -0.345. The van der Waals surface area contributed by atoms with Crippen molar-refractivity contribution in [1.29, 1.82) is 0 Å². The molecule has 0 bridgehead atoms. The minimum Gasteiger partial charge on any atom is -0.390 e.